The fourth-order valence-corrected chi connectivity index (χ4v) is 2.65. The van der Waals surface area contributed by atoms with Gasteiger partial charge in [-0.25, -0.2) is 0 Å². The van der Waals surface area contributed by atoms with Crippen molar-refractivity contribution in [2.24, 2.45) is 7.05 Å². The van der Waals surface area contributed by atoms with Crippen molar-refractivity contribution in [2.75, 3.05) is 6.54 Å². The number of hydrogen-bond acceptors (Lipinski definition) is 2. The standard InChI is InChI=1S/C17H25N3/c1-5-9-18-17(16-12-20(4)19-14(16)3)11-15-8-6-7-13(2)10-15/h6-8,10,12,17-18H,5,9,11H2,1-4H3. The Kier molecular flexibility index (Phi) is 4.96. The van der Waals surface area contributed by atoms with Gasteiger partial charge in [-0.2, -0.15) is 5.10 Å². The van der Waals surface area contributed by atoms with Gasteiger partial charge in [-0.05, 0) is 38.8 Å². The van der Waals surface area contributed by atoms with E-state index in [2.05, 4.69) is 61.6 Å². The van der Waals surface area contributed by atoms with Crippen LogP contribution < -0.4 is 5.32 Å². The van der Waals surface area contributed by atoms with Crippen LogP contribution in [-0.2, 0) is 13.5 Å². The van der Waals surface area contributed by atoms with Crippen molar-refractivity contribution in [1.29, 1.82) is 0 Å². The molecule has 0 aliphatic rings. The van der Waals surface area contributed by atoms with Gasteiger partial charge < -0.3 is 5.32 Å². The Morgan fingerprint density at radius 1 is 1.30 bits per heavy atom. The van der Waals surface area contributed by atoms with E-state index < -0.39 is 0 Å². The van der Waals surface area contributed by atoms with Crippen molar-refractivity contribution in [2.45, 2.75) is 39.7 Å². The zero-order valence-corrected chi connectivity index (χ0v) is 13.0. The Morgan fingerprint density at radius 2 is 2.10 bits per heavy atom. The van der Waals surface area contributed by atoms with E-state index in [1.165, 1.54) is 16.7 Å². The quantitative estimate of drug-likeness (QED) is 0.873. The van der Waals surface area contributed by atoms with Gasteiger partial charge >= 0.3 is 0 Å². The lowest BCUT2D eigenvalue weighted by atomic mass is 9.98. The maximum Gasteiger partial charge on any atom is 0.0641 e. The molecule has 0 saturated carbocycles. The number of benzene rings is 1. The second-order valence-electron chi connectivity index (χ2n) is 5.54. The summed E-state index contributed by atoms with van der Waals surface area (Å²) >= 11 is 0. The van der Waals surface area contributed by atoms with Crippen molar-refractivity contribution >= 4 is 0 Å². The first kappa shape index (κ1) is 14.8. The maximum atomic E-state index is 4.48. The fraction of sp³-hybridized carbons (Fsp3) is 0.471. The fourth-order valence-electron chi connectivity index (χ4n) is 2.65. The van der Waals surface area contributed by atoms with E-state index in [1.54, 1.807) is 0 Å². The summed E-state index contributed by atoms with van der Waals surface area (Å²) in [4.78, 5) is 0. The minimum atomic E-state index is 0.338. The molecule has 1 aromatic carbocycles. The van der Waals surface area contributed by atoms with E-state index >= 15 is 0 Å². The van der Waals surface area contributed by atoms with Crippen molar-refractivity contribution in [3.05, 3.63) is 52.8 Å². The molecule has 0 aliphatic heterocycles. The summed E-state index contributed by atoms with van der Waals surface area (Å²) in [5, 5.41) is 8.13. The van der Waals surface area contributed by atoms with E-state index in [4.69, 9.17) is 0 Å². The van der Waals surface area contributed by atoms with Gasteiger partial charge in [0.05, 0.1) is 5.69 Å². The number of hydrogen-bond donors (Lipinski definition) is 1. The van der Waals surface area contributed by atoms with Crippen molar-refractivity contribution in [3.8, 4) is 0 Å². The summed E-state index contributed by atoms with van der Waals surface area (Å²) in [6.45, 7) is 7.47. The number of aromatic nitrogens is 2. The third kappa shape index (κ3) is 3.70. The highest BCUT2D eigenvalue weighted by atomic mass is 15.3. The molecule has 1 unspecified atom stereocenters. The van der Waals surface area contributed by atoms with Gasteiger partial charge in [0.1, 0.15) is 0 Å². The average molecular weight is 271 g/mol. The molecule has 0 saturated heterocycles. The highest BCUT2D eigenvalue weighted by Crippen LogP contribution is 2.21. The van der Waals surface area contributed by atoms with Crippen LogP contribution in [0.1, 0.15) is 41.8 Å². The number of nitrogens with zero attached hydrogens (tertiary/aromatic N) is 2. The van der Waals surface area contributed by atoms with Crippen LogP contribution in [0.2, 0.25) is 0 Å². The number of aryl methyl sites for hydroxylation is 3. The summed E-state index contributed by atoms with van der Waals surface area (Å²) in [6.07, 6.45) is 4.29. The predicted molar refractivity (Wildman–Crippen MR) is 83.9 cm³/mol. The Hall–Kier alpha value is -1.61. The molecule has 2 rings (SSSR count). The molecular formula is C17H25N3. The molecule has 0 fully saturated rings. The topological polar surface area (TPSA) is 29.9 Å². The van der Waals surface area contributed by atoms with Crippen LogP contribution in [0.15, 0.2) is 30.5 Å². The Balaban J connectivity index is 2.21. The Bertz CT molecular complexity index is 557. The monoisotopic (exact) mass is 271 g/mol. The zero-order chi connectivity index (χ0) is 14.5. The molecule has 2 aromatic rings. The van der Waals surface area contributed by atoms with Gasteiger partial charge in [0.2, 0.25) is 0 Å². The molecular weight excluding hydrogens is 246 g/mol. The van der Waals surface area contributed by atoms with Crippen LogP contribution in [0, 0.1) is 13.8 Å². The molecule has 108 valence electrons. The van der Waals surface area contributed by atoms with Crippen molar-refractivity contribution in [3.63, 3.8) is 0 Å². The molecule has 0 amide bonds. The van der Waals surface area contributed by atoms with E-state index in [-0.39, 0.29) is 0 Å². The lowest BCUT2D eigenvalue weighted by molar-refractivity contribution is 0.527. The number of rotatable bonds is 6. The summed E-state index contributed by atoms with van der Waals surface area (Å²) in [6, 6.07) is 9.10. The first-order valence-corrected chi connectivity index (χ1v) is 7.39. The van der Waals surface area contributed by atoms with E-state index in [0.29, 0.717) is 6.04 Å². The van der Waals surface area contributed by atoms with Gasteiger partial charge in [-0.15, -0.1) is 0 Å². The molecule has 3 heteroatoms. The molecule has 0 radical (unpaired) electrons. The molecule has 20 heavy (non-hydrogen) atoms. The molecule has 1 aromatic heterocycles. The summed E-state index contributed by atoms with van der Waals surface area (Å²) in [5.41, 5.74) is 5.12. The lowest BCUT2D eigenvalue weighted by Gasteiger charge is -2.18. The largest absolute Gasteiger partial charge is 0.310 e. The molecule has 0 aliphatic carbocycles. The minimum Gasteiger partial charge on any atom is -0.310 e. The SMILES string of the molecule is CCCNC(Cc1cccc(C)c1)c1cn(C)nc1C. The third-order valence-electron chi connectivity index (χ3n) is 3.59. The van der Waals surface area contributed by atoms with Crippen LogP contribution in [0.25, 0.3) is 0 Å². The molecule has 1 N–H and O–H groups in total. The van der Waals surface area contributed by atoms with Gasteiger partial charge in [-0.1, -0.05) is 36.8 Å². The highest BCUT2D eigenvalue weighted by molar-refractivity contribution is 5.27. The summed E-state index contributed by atoms with van der Waals surface area (Å²) in [5.74, 6) is 0. The average Bonchev–Trinajstić information content (AvgIpc) is 2.73. The first-order chi connectivity index (χ1) is 9.60. The van der Waals surface area contributed by atoms with Crippen LogP contribution in [0.3, 0.4) is 0 Å². The van der Waals surface area contributed by atoms with Crippen LogP contribution in [0.4, 0.5) is 0 Å². The van der Waals surface area contributed by atoms with Crippen molar-refractivity contribution < 1.29 is 0 Å². The van der Waals surface area contributed by atoms with E-state index in [0.717, 1.165) is 25.1 Å². The molecule has 3 nitrogen and oxygen atoms in total. The Morgan fingerprint density at radius 3 is 2.70 bits per heavy atom. The smallest absolute Gasteiger partial charge is 0.0641 e. The summed E-state index contributed by atoms with van der Waals surface area (Å²) in [7, 11) is 1.99. The normalized spacial score (nSPS) is 12.6. The maximum absolute atomic E-state index is 4.48. The van der Waals surface area contributed by atoms with Crippen LogP contribution >= 0.6 is 0 Å². The molecule has 1 atom stereocenters. The zero-order valence-electron chi connectivity index (χ0n) is 13.0. The summed E-state index contributed by atoms with van der Waals surface area (Å²) < 4.78 is 1.90. The number of nitrogens with one attached hydrogen (secondary N) is 1. The first-order valence-electron chi connectivity index (χ1n) is 7.39. The third-order valence-corrected chi connectivity index (χ3v) is 3.59. The Labute approximate surface area is 122 Å². The highest BCUT2D eigenvalue weighted by Gasteiger charge is 2.16. The minimum absolute atomic E-state index is 0.338. The van der Waals surface area contributed by atoms with Gasteiger partial charge in [0, 0.05) is 24.8 Å². The van der Waals surface area contributed by atoms with Gasteiger partial charge in [0.25, 0.3) is 0 Å². The van der Waals surface area contributed by atoms with E-state index in [1.807, 2.05) is 11.7 Å². The van der Waals surface area contributed by atoms with Crippen LogP contribution in [-0.4, -0.2) is 16.3 Å². The lowest BCUT2D eigenvalue weighted by Crippen LogP contribution is -2.24. The van der Waals surface area contributed by atoms with Crippen LogP contribution in [0.5, 0.6) is 0 Å². The predicted octanol–water partition coefficient (Wildman–Crippen LogP) is 3.32. The molecule has 0 spiro atoms. The second-order valence-corrected chi connectivity index (χ2v) is 5.54. The second kappa shape index (κ2) is 6.71. The molecule has 0 bridgehead atoms. The molecule has 1 heterocycles. The van der Waals surface area contributed by atoms with Gasteiger partial charge in [0.15, 0.2) is 0 Å². The van der Waals surface area contributed by atoms with E-state index in [9.17, 15) is 0 Å². The van der Waals surface area contributed by atoms with Gasteiger partial charge in [-0.3, -0.25) is 4.68 Å². The van der Waals surface area contributed by atoms with Crippen molar-refractivity contribution in [1.82, 2.24) is 15.1 Å².